The number of carbonyl (C=O) groups is 4. The lowest BCUT2D eigenvalue weighted by atomic mass is 10.0. The van der Waals surface area contributed by atoms with Crippen LogP contribution in [0.5, 0.6) is 0 Å². The second-order valence-corrected chi connectivity index (χ2v) is 13.5. The van der Waals surface area contributed by atoms with E-state index in [9.17, 15) is 19.2 Å². The molecule has 0 unspecified atom stereocenters. The van der Waals surface area contributed by atoms with Crippen LogP contribution in [0, 0.1) is 0 Å². The third-order valence-electron chi connectivity index (χ3n) is 9.45. The predicted molar refractivity (Wildman–Crippen MR) is 206 cm³/mol. The van der Waals surface area contributed by atoms with Crippen molar-refractivity contribution < 1.29 is 19.2 Å². The summed E-state index contributed by atoms with van der Waals surface area (Å²) in [5, 5.41) is 6.91. The number of rotatable bonds is 13. The smallest absolute Gasteiger partial charge is 0.247 e. The number of hydrogen-bond acceptors (Lipinski definition) is 5. The van der Waals surface area contributed by atoms with Crippen molar-refractivity contribution in [3.8, 4) is 11.3 Å². The van der Waals surface area contributed by atoms with E-state index in [0.29, 0.717) is 30.9 Å². The van der Waals surface area contributed by atoms with Crippen molar-refractivity contribution in [2.45, 2.75) is 44.7 Å². The van der Waals surface area contributed by atoms with E-state index in [2.05, 4.69) is 15.6 Å². The van der Waals surface area contributed by atoms with Gasteiger partial charge in [0.1, 0.15) is 12.1 Å². The van der Waals surface area contributed by atoms with Crippen LogP contribution in [-0.4, -0.2) is 83.1 Å². The summed E-state index contributed by atoms with van der Waals surface area (Å²) in [7, 11) is 3.77. The van der Waals surface area contributed by atoms with Crippen LogP contribution in [0.4, 0.5) is 11.4 Å². The molecule has 0 saturated carbocycles. The minimum absolute atomic E-state index is 0.0124. The minimum atomic E-state index is -0.542. The van der Waals surface area contributed by atoms with Gasteiger partial charge in [0.2, 0.25) is 23.6 Å². The Balaban J connectivity index is 1.07. The summed E-state index contributed by atoms with van der Waals surface area (Å²) in [6, 6.07) is 33.5. The summed E-state index contributed by atoms with van der Waals surface area (Å²) in [5.41, 5.74) is 5.85. The monoisotopic (exact) mass is 698 g/mol. The minimum Gasteiger partial charge on any atom is -0.355 e. The van der Waals surface area contributed by atoms with Crippen LogP contribution in [-0.2, 0) is 25.6 Å². The normalized spacial score (nSPS) is 14.7. The zero-order valence-electron chi connectivity index (χ0n) is 30.0. The molecule has 1 aromatic heterocycles. The summed E-state index contributed by atoms with van der Waals surface area (Å²) >= 11 is 0. The molecule has 10 nitrogen and oxygen atoms in total. The standard InChI is InChI=1S/C42H46N6O4/c1-4-23-47(39(50)25-29-12-7-5-8-13-29)28-38(49)43-33-19-17-30(18-20-33)36-27-32-26-34(21-22-35(32)45-36)44-41(51)37-16-11-24-48(37)42(52)40(46(2)3)31-14-9-6-10-15-31/h5-10,12-15,17-22,26-27,37,40,45H,4,11,16,23-25,28H2,1-3H3,(H,43,49)(H,44,51)/t37-,40+/m0/s1. The summed E-state index contributed by atoms with van der Waals surface area (Å²) < 4.78 is 0. The Bertz CT molecular complexity index is 2010. The van der Waals surface area contributed by atoms with Gasteiger partial charge in [-0.05, 0) is 86.4 Å². The lowest BCUT2D eigenvalue weighted by molar-refractivity contribution is -0.140. The summed E-state index contributed by atoms with van der Waals surface area (Å²) in [6.07, 6.45) is 2.40. The maximum absolute atomic E-state index is 13.8. The highest BCUT2D eigenvalue weighted by Gasteiger charge is 2.38. The number of benzene rings is 4. The molecule has 2 heterocycles. The van der Waals surface area contributed by atoms with E-state index in [1.165, 1.54) is 0 Å². The zero-order chi connectivity index (χ0) is 36.6. The van der Waals surface area contributed by atoms with Gasteiger partial charge in [-0.3, -0.25) is 24.1 Å². The molecule has 0 bridgehead atoms. The number of likely N-dealkylation sites (tertiary alicyclic amines) is 1. The Morgan fingerprint density at radius 1 is 0.846 bits per heavy atom. The molecule has 0 spiro atoms. The van der Waals surface area contributed by atoms with Gasteiger partial charge in [0.15, 0.2) is 0 Å². The largest absolute Gasteiger partial charge is 0.355 e. The fourth-order valence-corrected chi connectivity index (χ4v) is 6.90. The van der Waals surface area contributed by atoms with Crippen molar-refractivity contribution >= 4 is 45.9 Å². The average Bonchev–Trinajstić information content (AvgIpc) is 3.81. The molecule has 1 aliphatic heterocycles. The van der Waals surface area contributed by atoms with Crippen LogP contribution in [0.2, 0.25) is 0 Å². The average molecular weight is 699 g/mol. The van der Waals surface area contributed by atoms with E-state index in [-0.39, 0.29) is 36.6 Å². The molecule has 0 aliphatic carbocycles. The third-order valence-corrected chi connectivity index (χ3v) is 9.45. The lowest BCUT2D eigenvalue weighted by Gasteiger charge is -2.31. The Morgan fingerprint density at radius 2 is 1.54 bits per heavy atom. The number of hydrogen-bond donors (Lipinski definition) is 3. The Hall–Kier alpha value is -5.74. The second kappa shape index (κ2) is 16.5. The highest BCUT2D eigenvalue weighted by molar-refractivity contribution is 6.00. The number of H-pyrrole nitrogens is 1. The molecule has 4 aromatic carbocycles. The highest BCUT2D eigenvalue weighted by Crippen LogP contribution is 2.30. The Morgan fingerprint density at radius 3 is 2.23 bits per heavy atom. The summed E-state index contributed by atoms with van der Waals surface area (Å²) in [4.78, 5) is 61.8. The number of carbonyl (C=O) groups excluding carboxylic acids is 4. The van der Waals surface area contributed by atoms with Crippen molar-refractivity contribution in [1.82, 2.24) is 19.7 Å². The van der Waals surface area contributed by atoms with Crippen LogP contribution < -0.4 is 10.6 Å². The van der Waals surface area contributed by atoms with E-state index in [0.717, 1.165) is 46.1 Å². The van der Waals surface area contributed by atoms with E-state index in [1.54, 1.807) is 9.80 Å². The van der Waals surface area contributed by atoms with Gasteiger partial charge in [0, 0.05) is 41.1 Å². The molecule has 1 aliphatic rings. The van der Waals surface area contributed by atoms with Crippen molar-refractivity contribution in [2.24, 2.45) is 0 Å². The maximum atomic E-state index is 13.8. The maximum Gasteiger partial charge on any atom is 0.247 e. The summed E-state index contributed by atoms with van der Waals surface area (Å²) in [6.45, 7) is 3.03. The van der Waals surface area contributed by atoms with Gasteiger partial charge in [-0.2, -0.15) is 0 Å². The molecule has 10 heteroatoms. The molecule has 4 amide bonds. The van der Waals surface area contributed by atoms with Crippen LogP contribution >= 0.6 is 0 Å². The molecule has 1 saturated heterocycles. The number of anilines is 2. The van der Waals surface area contributed by atoms with E-state index < -0.39 is 12.1 Å². The van der Waals surface area contributed by atoms with Crippen molar-refractivity contribution in [3.05, 3.63) is 120 Å². The molecular formula is C42H46N6O4. The molecule has 268 valence electrons. The molecule has 2 atom stereocenters. The van der Waals surface area contributed by atoms with Gasteiger partial charge in [-0.15, -0.1) is 0 Å². The number of fused-ring (bicyclic) bond motifs is 1. The number of likely N-dealkylation sites (N-methyl/N-ethyl adjacent to an activating group) is 1. The number of aromatic nitrogens is 1. The molecule has 5 aromatic rings. The van der Waals surface area contributed by atoms with Gasteiger partial charge >= 0.3 is 0 Å². The quantitative estimate of drug-likeness (QED) is 0.130. The first-order valence-corrected chi connectivity index (χ1v) is 17.9. The zero-order valence-corrected chi connectivity index (χ0v) is 30.0. The van der Waals surface area contributed by atoms with E-state index in [4.69, 9.17) is 0 Å². The highest BCUT2D eigenvalue weighted by atomic mass is 16.2. The molecule has 1 fully saturated rings. The van der Waals surface area contributed by atoms with Gasteiger partial charge in [-0.25, -0.2) is 0 Å². The predicted octanol–water partition coefficient (Wildman–Crippen LogP) is 6.49. The van der Waals surface area contributed by atoms with E-state index >= 15 is 0 Å². The van der Waals surface area contributed by atoms with Gasteiger partial charge < -0.3 is 25.4 Å². The van der Waals surface area contributed by atoms with Gasteiger partial charge in [0.05, 0.1) is 13.0 Å². The number of nitrogens with one attached hydrogen (secondary N) is 3. The van der Waals surface area contributed by atoms with Gasteiger partial charge in [0.25, 0.3) is 0 Å². The van der Waals surface area contributed by atoms with Crippen LogP contribution in [0.1, 0.15) is 43.4 Å². The molecule has 52 heavy (non-hydrogen) atoms. The van der Waals surface area contributed by atoms with Crippen LogP contribution in [0.15, 0.2) is 109 Å². The first-order chi connectivity index (χ1) is 25.2. The van der Waals surface area contributed by atoms with E-state index in [1.807, 2.05) is 135 Å². The first-order valence-electron chi connectivity index (χ1n) is 17.9. The SMILES string of the molecule is CCCN(CC(=O)Nc1ccc(-c2cc3cc(NC(=O)[C@@H]4CCCN4C(=O)[C@@H](c4ccccc4)N(C)C)ccc3[nH]2)cc1)C(=O)Cc1ccccc1. The van der Waals surface area contributed by atoms with Gasteiger partial charge in [-0.1, -0.05) is 79.7 Å². The number of amides is 4. The topological polar surface area (TPSA) is 118 Å². The Kier molecular flexibility index (Phi) is 11.5. The number of aromatic amines is 1. The first kappa shape index (κ1) is 36.1. The fourth-order valence-electron chi connectivity index (χ4n) is 6.90. The van der Waals surface area contributed by atoms with Crippen molar-refractivity contribution in [1.29, 1.82) is 0 Å². The molecule has 6 rings (SSSR count). The lowest BCUT2D eigenvalue weighted by Crippen LogP contribution is -2.47. The van der Waals surface area contributed by atoms with Crippen LogP contribution in [0.25, 0.3) is 22.2 Å². The fraction of sp³-hybridized carbons (Fsp3) is 0.286. The van der Waals surface area contributed by atoms with Crippen molar-refractivity contribution in [3.63, 3.8) is 0 Å². The molecule has 3 N–H and O–H groups in total. The number of nitrogens with zero attached hydrogens (tertiary/aromatic N) is 3. The summed E-state index contributed by atoms with van der Waals surface area (Å²) in [5.74, 6) is -0.589. The van der Waals surface area contributed by atoms with Crippen molar-refractivity contribution in [2.75, 3.05) is 44.4 Å². The Labute approximate surface area is 304 Å². The molecular weight excluding hydrogens is 653 g/mol. The second-order valence-electron chi connectivity index (χ2n) is 13.5. The third kappa shape index (κ3) is 8.58. The molecule has 0 radical (unpaired) electrons. The van der Waals surface area contributed by atoms with Crippen LogP contribution in [0.3, 0.4) is 0 Å².